The van der Waals surface area contributed by atoms with E-state index in [1.807, 2.05) is 0 Å². The number of carbonyl (C=O) groups is 1. The molecular weight excluding hydrogens is 1030 g/mol. The van der Waals surface area contributed by atoms with Gasteiger partial charge in [0.2, 0.25) is 5.91 Å². The zero-order valence-corrected chi connectivity index (χ0v) is 54.3. The SMILES string of the molecule is CCCCCCCCCCCCCCCCCCCCCCCCCCCCCCCCCCC(O)C(=O)NC(COC1OC(CO)C(O)C(O)C1O)C(O)C(O)CCCCCCCCCCCCCCCCCCCCCCCCC. The zero-order chi connectivity index (χ0) is 59.6. The van der Waals surface area contributed by atoms with E-state index in [0.29, 0.717) is 19.3 Å². The third-order valence-corrected chi connectivity index (χ3v) is 18.2. The molecule has 1 saturated heterocycles. The van der Waals surface area contributed by atoms with Gasteiger partial charge in [-0.15, -0.1) is 0 Å². The molecular formula is C71H141NO10. The second-order valence-electron chi connectivity index (χ2n) is 26.0. The molecule has 11 heteroatoms. The first-order valence-corrected chi connectivity index (χ1v) is 36.4. The number of aliphatic hydroxyl groups excluding tert-OH is 7. The van der Waals surface area contributed by atoms with Crippen LogP contribution in [-0.2, 0) is 14.3 Å². The number of nitrogens with one attached hydrogen (secondary N) is 1. The van der Waals surface area contributed by atoms with Crippen LogP contribution >= 0.6 is 0 Å². The molecule has 0 radical (unpaired) electrons. The molecule has 82 heavy (non-hydrogen) atoms. The van der Waals surface area contributed by atoms with Crippen molar-refractivity contribution in [3.05, 3.63) is 0 Å². The molecule has 1 rings (SSSR count). The normalized spacial score (nSPS) is 19.0. The van der Waals surface area contributed by atoms with E-state index >= 15 is 0 Å². The van der Waals surface area contributed by atoms with E-state index in [-0.39, 0.29) is 6.42 Å². The first-order chi connectivity index (χ1) is 40.2. The van der Waals surface area contributed by atoms with Crippen LogP contribution in [-0.4, -0.2) is 110 Å². The maximum Gasteiger partial charge on any atom is 0.249 e. The van der Waals surface area contributed by atoms with Crippen molar-refractivity contribution in [2.45, 2.75) is 435 Å². The first-order valence-electron chi connectivity index (χ1n) is 36.4. The molecule has 9 unspecified atom stereocenters. The van der Waals surface area contributed by atoms with E-state index in [0.717, 1.165) is 38.5 Å². The topological polar surface area (TPSA) is 189 Å². The van der Waals surface area contributed by atoms with Gasteiger partial charge in [0.25, 0.3) is 0 Å². The van der Waals surface area contributed by atoms with E-state index in [9.17, 15) is 40.5 Å². The minimum Gasteiger partial charge on any atom is -0.394 e. The Bertz CT molecular complexity index is 1290. The molecule has 0 aliphatic carbocycles. The Morgan fingerprint density at radius 2 is 0.634 bits per heavy atom. The number of hydrogen-bond acceptors (Lipinski definition) is 10. The van der Waals surface area contributed by atoms with Gasteiger partial charge >= 0.3 is 0 Å². The monoisotopic (exact) mass is 1170 g/mol. The summed E-state index contributed by atoms with van der Waals surface area (Å²) in [5, 5.41) is 76.6. The molecule has 0 bridgehead atoms. The highest BCUT2D eigenvalue weighted by atomic mass is 16.7. The first kappa shape index (κ1) is 79.1. The lowest BCUT2D eigenvalue weighted by atomic mass is 9.98. The van der Waals surface area contributed by atoms with Crippen molar-refractivity contribution < 1.29 is 50.0 Å². The molecule has 0 aromatic carbocycles. The van der Waals surface area contributed by atoms with E-state index < -0.39 is 74.2 Å². The van der Waals surface area contributed by atoms with E-state index in [2.05, 4.69) is 19.2 Å². The van der Waals surface area contributed by atoms with Gasteiger partial charge in [-0.2, -0.15) is 0 Å². The lowest BCUT2D eigenvalue weighted by molar-refractivity contribution is -0.303. The van der Waals surface area contributed by atoms with Gasteiger partial charge in [0.05, 0.1) is 25.4 Å². The van der Waals surface area contributed by atoms with Crippen LogP contribution in [0.15, 0.2) is 0 Å². The Kier molecular flexibility index (Phi) is 58.3. The van der Waals surface area contributed by atoms with Crippen molar-refractivity contribution in [1.29, 1.82) is 0 Å². The molecule has 11 nitrogen and oxygen atoms in total. The highest BCUT2D eigenvalue weighted by Crippen LogP contribution is 2.24. The van der Waals surface area contributed by atoms with Gasteiger partial charge in [-0.1, -0.05) is 367 Å². The molecule has 8 N–H and O–H groups in total. The van der Waals surface area contributed by atoms with Crippen LogP contribution in [0.1, 0.15) is 380 Å². The lowest BCUT2D eigenvalue weighted by Gasteiger charge is -2.40. The summed E-state index contributed by atoms with van der Waals surface area (Å²) in [7, 11) is 0. The Morgan fingerprint density at radius 1 is 0.378 bits per heavy atom. The van der Waals surface area contributed by atoms with Crippen LogP contribution in [0.3, 0.4) is 0 Å². The molecule has 1 aliphatic heterocycles. The summed E-state index contributed by atoms with van der Waals surface area (Å²) in [5.41, 5.74) is 0. The average molecular weight is 1170 g/mol. The van der Waals surface area contributed by atoms with Gasteiger partial charge in [0, 0.05) is 0 Å². The lowest BCUT2D eigenvalue weighted by Crippen LogP contribution is -2.60. The number of ether oxygens (including phenoxy) is 2. The third kappa shape index (κ3) is 47.2. The second kappa shape index (κ2) is 60.4. The predicted molar refractivity (Wildman–Crippen MR) is 344 cm³/mol. The van der Waals surface area contributed by atoms with Crippen LogP contribution in [0.4, 0.5) is 0 Å². The van der Waals surface area contributed by atoms with Crippen molar-refractivity contribution in [3.63, 3.8) is 0 Å². The molecule has 1 fully saturated rings. The Balaban J connectivity index is 2.15. The molecule has 0 aromatic heterocycles. The molecule has 0 saturated carbocycles. The van der Waals surface area contributed by atoms with Gasteiger partial charge in [0.15, 0.2) is 6.29 Å². The third-order valence-electron chi connectivity index (χ3n) is 18.2. The fourth-order valence-electron chi connectivity index (χ4n) is 12.3. The summed E-state index contributed by atoms with van der Waals surface area (Å²) < 4.78 is 11.2. The maximum atomic E-state index is 13.3. The molecule has 0 spiro atoms. The highest BCUT2D eigenvalue weighted by Gasteiger charge is 2.44. The standard InChI is InChI=1S/C71H141NO10/c1-3-5-7-9-11-13-15-17-19-21-23-25-27-28-29-30-31-32-33-34-35-37-39-41-43-45-47-49-51-53-55-57-59-64(75)70(80)72-62(61-81-71-69(79)68(78)67(77)65(60-73)82-71)66(76)63(74)58-56-54-52-50-48-46-44-42-40-38-36-26-24-22-20-18-16-14-12-10-8-6-4-2/h62-69,71,73-79H,3-61H2,1-2H3,(H,72,80). The van der Waals surface area contributed by atoms with E-state index in [1.54, 1.807) is 0 Å². The second-order valence-corrected chi connectivity index (χ2v) is 26.0. The molecule has 1 heterocycles. The van der Waals surface area contributed by atoms with Crippen LogP contribution in [0.2, 0.25) is 0 Å². The Hall–Kier alpha value is -0.890. The van der Waals surface area contributed by atoms with Crippen LogP contribution in [0.25, 0.3) is 0 Å². The van der Waals surface area contributed by atoms with Crippen LogP contribution < -0.4 is 5.32 Å². The van der Waals surface area contributed by atoms with Gasteiger partial charge in [-0.25, -0.2) is 0 Å². The van der Waals surface area contributed by atoms with Gasteiger partial charge in [-0.05, 0) is 12.8 Å². The number of carbonyl (C=O) groups excluding carboxylic acids is 1. The van der Waals surface area contributed by atoms with Crippen molar-refractivity contribution in [2.75, 3.05) is 13.2 Å². The smallest absolute Gasteiger partial charge is 0.249 e. The van der Waals surface area contributed by atoms with Crippen molar-refractivity contribution in [2.24, 2.45) is 0 Å². The fourth-order valence-corrected chi connectivity index (χ4v) is 12.3. The van der Waals surface area contributed by atoms with Crippen molar-refractivity contribution in [1.82, 2.24) is 5.32 Å². The minimum atomic E-state index is -1.66. The molecule has 0 aromatic rings. The predicted octanol–water partition coefficient (Wildman–Crippen LogP) is 17.6. The summed E-state index contributed by atoms with van der Waals surface area (Å²) in [5.74, 6) is -0.686. The largest absolute Gasteiger partial charge is 0.394 e. The highest BCUT2D eigenvalue weighted by molar-refractivity contribution is 5.80. The number of rotatable bonds is 65. The number of amides is 1. The molecule has 1 amide bonds. The minimum absolute atomic E-state index is 0.268. The number of aliphatic hydroxyl groups is 7. The zero-order valence-electron chi connectivity index (χ0n) is 54.3. The van der Waals surface area contributed by atoms with Crippen molar-refractivity contribution >= 4 is 5.91 Å². The van der Waals surface area contributed by atoms with Crippen molar-refractivity contribution in [3.8, 4) is 0 Å². The summed E-state index contributed by atoms with van der Waals surface area (Å²) in [6.45, 7) is 3.53. The van der Waals surface area contributed by atoms with Gasteiger partial charge < -0.3 is 50.5 Å². The molecule has 9 atom stereocenters. The van der Waals surface area contributed by atoms with Crippen LogP contribution in [0.5, 0.6) is 0 Å². The summed E-state index contributed by atoms with van der Waals surface area (Å²) in [4.78, 5) is 13.3. The van der Waals surface area contributed by atoms with E-state index in [4.69, 9.17) is 9.47 Å². The molecule has 490 valence electrons. The Labute approximate surface area is 507 Å². The number of hydrogen-bond donors (Lipinski definition) is 8. The van der Waals surface area contributed by atoms with E-state index in [1.165, 1.54) is 302 Å². The molecule has 1 aliphatic rings. The number of unbranched alkanes of at least 4 members (excludes halogenated alkanes) is 53. The Morgan fingerprint density at radius 3 is 0.902 bits per heavy atom. The quantitative estimate of drug-likeness (QED) is 0.0272. The van der Waals surface area contributed by atoms with Gasteiger partial charge in [-0.3, -0.25) is 4.79 Å². The van der Waals surface area contributed by atoms with Crippen LogP contribution in [0, 0.1) is 0 Å². The summed E-state index contributed by atoms with van der Waals surface area (Å²) in [6.07, 6.45) is 61.9. The summed E-state index contributed by atoms with van der Waals surface area (Å²) >= 11 is 0. The average Bonchev–Trinajstić information content (AvgIpc) is 3.49. The summed E-state index contributed by atoms with van der Waals surface area (Å²) in [6, 6.07) is -1.16. The van der Waals surface area contributed by atoms with Gasteiger partial charge in [0.1, 0.15) is 36.6 Å². The maximum absolute atomic E-state index is 13.3. The fraction of sp³-hybridized carbons (Fsp3) is 0.986.